The van der Waals surface area contributed by atoms with Crippen LogP contribution >= 0.6 is 11.6 Å². The summed E-state index contributed by atoms with van der Waals surface area (Å²) in [5, 5.41) is 0.541. The summed E-state index contributed by atoms with van der Waals surface area (Å²) in [4.78, 5) is 21.9. The molecule has 1 unspecified atom stereocenters. The normalized spacial score (nSPS) is 23.5. The predicted molar refractivity (Wildman–Crippen MR) is 90.9 cm³/mol. The van der Waals surface area contributed by atoms with Crippen molar-refractivity contribution in [1.29, 1.82) is 0 Å². The fourth-order valence-electron chi connectivity index (χ4n) is 3.44. The van der Waals surface area contributed by atoms with E-state index in [1.165, 1.54) is 17.2 Å². The third kappa shape index (κ3) is 3.13. The number of piperazine rings is 1. The van der Waals surface area contributed by atoms with Crippen LogP contribution in [-0.2, 0) is 6.54 Å². The van der Waals surface area contributed by atoms with Gasteiger partial charge >= 0.3 is 0 Å². The minimum Gasteiger partial charge on any atom is -0.298 e. The van der Waals surface area contributed by atoms with Gasteiger partial charge < -0.3 is 0 Å². The molecule has 4 rings (SSSR count). The fourth-order valence-corrected chi connectivity index (χ4v) is 3.61. The molecule has 6 heteroatoms. The maximum atomic E-state index is 12.3. The minimum absolute atomic E-state index is 0.0724. The molecule has 2 aliphatic rings. The SMILES string of the molecule is CC1CN(C2CC2)CCN1Cc1cc(=O)n2cc(Cl)ccc2n1. The van der Waals surface area contributed by atoms with E-state index in [9.17, 15) is 4.79 Å². The molecule has 3 heterocycles. The van der Waals surface area contributed by atoms with E-state index in [-0.39, 0.29) is 5.56 Å². The van der Waals surface area contributed by atoms with Crippen LogP contribution in [0.1, 0.15) is 25.5 Å². The second kappa shape index (κ2) is 5.89. The Morgan fingerprint density at radius 3 is 2.87 bits per heavy atom. The minimum atomic E-state index is -0.0724. The maximum Gasteiger partial charge on any atom is 0.258 e. The largest absolute Gasteiger partial charge is 0.298 e. The molecule has 1 aliphatic carbocycles. The number of halogens is 1. The van der Waals surface area contributed by atoms with Gasteiger partial charge in [-0.15, -0.1) is 0 Å². The van der Waals surface area contributed by atoms with Crippen molar-refractivity contribution in [1.82, 2.24) is 19.2 Å². The van der Waals surface area contributed by atoms with E-state index in [4.69, 9.17) is 11.6 Å². The fraction of sp³-hybridized carbons (Fsp3) is 0.529. The van der Waals surface area contributed by atoms with Gasteiger partial charge in [0.1, 0.15) is 5.65 Å². The summed E-state index contributed by atoms with van der Waals surface area (Å²) in [7, 11) is 0. The molecule has 1 saturated heterocycles. The smallest absolute Gasteiger partial charge is 0.258 e. The molecule has 0 spiro atoms. The second-order valence-electron chi connectivity index (χ2n) is 6.71. The lowest BCUT2D eigenvalue weighted by atomic mass is 10.1. The van der Waals surface area contributed by atoms with Gasteiger partial charge in [0, 0.05) is 50.5 Å². The molecule has 1 atom stereocenters. The van der Waals surface area contributed by atoms with Gasteiger partial charge in [-0.05, 0) is 31.9 Å². The summed E-state index contributed by atoms with van der Waals surface area (Å²) in [6, 6.07) is 6.51. The zero-order valence-corrected chi connectivity index (χ0v) is 14.0. The third-order valence-electron chi connectivity index (χ3n) is 4.90. The molecule has 0 bridgehead atoms. The molecule has 2 aromatic heterocycles. The average Bonchev–Trinajstić information content (AvgIpc) is 3.35. The van der Waals surface area contributed by atoms with Crippen molar-refractivity contribution >= 4 is 17.2 Å². The van der Waals surface area contributed by atoms with Gasteiger partial charge in [-0.25, -0.2) is 4.98 Å². The zero-order chi connectivity index (χ0) is 16.0. The number of pyridine rings is 1. The van der Waals surface area contributed by atoms with E-state index >= 15 is 0 Å². The first-order valence-electron chi connectivity index (χ1n) is 8.26. The Bertz CT molecular complexity index is 786. The summed E-state index contributed by atoms with van der Waals surface area (Å²) >= 11 is 5.95. The first-order chi connectivity index (χ1) is 11.1. The predicted octanol–water partition coefficient (Wildman–Crippen LogP) is 2.02. The van der Waals surface area contributed by atoms with Crippen molar-refractivity contribution in [2.24, 2.45) is 0 Å². The summed E-state index contributed by atoms with van der Waals surface area (Å²) in [5.74, 6) is 0. The number of fused-ring (bicyclic) bond motifs is 1. The number of aromatic nitrogens is 2. The molecule has 1 aliphatic heterocycles. The van der Waals surface area contributed by atoms with Gasteiger partial charge in [0.15, 0.2) is 0 Å². The van der Waals surface area contributed by atoms with Gasteiger partial charge in [-0.2, -0.15) is 0 Å². The third-order valence-corrected chi connectivity index (χ3v) is 5.12. The Labute approximate surface area is 140 Å². The molecule has 0 amide bonds. The molecular weight excluding hydrogens is 312 g/mol. The Hall–Kier alpha value is -1.43. The van der Waals surface area contributed by atoms with Crippen LogP contribution < -0.4 is 5.56 Å². The van der Waals surface area contributed by atoms with Crippen molar-refractivity contribution in [2.75, 3.05) is 19.6 Å². The van der Waals surface area contributed by atoms with Crippen LogP contribution in [0.15, 0.2) is 29.2 Å². The van der Waals surface area contributed by atoms with Crippen LogP contribution in [0.25, 0.3) is 5.65 Å². The lowest BCUT2D eigenvalue weighted by Crippen LogP contribution is -2.52. The summed E-state index contributed by atoms with van der Waals surface area (Å²) in [5.41, 5.74) is 1.42. The molecule has 0 aromatic carbocycles. The summed E-state index contributed by atoms with van der Waals surface area (Å²) in [6.45, 7) is 6.28. The van der Waals surface area contributed by atoms with Crippen LogP contribution in [0.5, 0.6) is 0 Å². The molecule has 0 N–H and O–H groups in total. The molecule has 2 fully saturated rings. The number of hydrogen-bond acceptors (Lipinski definition) is 4. The maximum absolute atomic E-state index is 12.3. The van der Waals surface area contributed by atoms with Crippen LogP contribution in [-0.4, -0.2) is 50.9 Å². The highest BCUT2D eigenvalue weighted by atomic mass is 35.5. The first kappa shape index (κ1) is 15.1. The Morgan fingerprint density at radius 1 is 1.30 bits per heavy atom. The first-order valence-corrected chi connectivity index (χ1v) is 8.64. The van der Waals surface area contributed by atoms with E-state index in [0.717, 1.165) is 37.9 Å². The molecule has 122 valence electrons. The lowest BCUT2D eigenvalue weighted by molar-refractivity contribution is 0.0720. The number of hydrogen-bond donors (Lipinski definition) is 0. The molecule has 2 aromatic rings. The monoisotopic (exact) mass is 332 g/mol. The van der Waals surface area contributed by atoms with E-state index in [0.29, 0.717) is 16.7 Å². The van der Waals surface area contributed by atoms with Crippen molar-refractivity contribution in [3.05, 3.63) is 45.5 Å². The highest BCUT2D eigenvalue weighted by molar-refractivity contribution is 6.30. The molecule has 5 nitrogen and oxygen atoms in total. The quantitative estimate of drug-likeness (QED) is 0.862. The molecule has 23 heavy (non-hydrogen) atoms. The van der Waals surface area contributed by atoms with Gasteiger partial charge in [0.2, 0.25) is 0 Å². The number of nitrogens with zero attached hydrogens (tertiary/aromatic N) is 4. The van der Waals surface area contributed by atoms with Gasteiger partial charge in [-0.3, -0.25) is 19.0 Å². The van der Waals surface area contributed by atoms with E-state index in [1.54, 1.807) is 24.4 Å². The van der Waals surface area contributed by atoms with E-state index < -0.39 is 0 Å². The van der Waals surface area contributed by atoms with Crippen molar-refractivity contribution < 1.29 is 0 Å². The van der Waals surface area contributed by atoms with Crippen molar-refractivity contribution in [3.63, 3.8) is 0 Å². The summed E-state index contributed by atoms with van der Waals surface area (Å²) < 4.78 is 1.50. The Kier molecular flexibility index (Phi) is 3.87. The topological polar surface area (TPSA) is 40.9 Å². The average molecular weight is 333 g/mol. The highest BCUT2D eigenvalue weighted by Gasteiger charge is 2.33. The van der Waals surface area contributed by atoms with Crippen LogP contribution in [0.2, 0.25) is 5.02 Å². The summed E-state index contributed by atoms with van der Waals surface area (Å²) in [6.07, 6.45) is 4.34. The van der Waals surface area contributed by atoms with Crippen LogP contribution in [0.3, 0.4) is 0 Å². The van der Waals surface area contributed by atoms with E-state index in [2.05, 4.69) is 21.7 Å². The van der Waals surface area contributed by atoms with Crippen molar-refractivity contribution in [2.45, 2.75) is 38.4 Å². The van der Waals surface area contributed by atoms with Crippen LogP contribution in [0, 0.1) is 0 Å². The molecule has 0 radical (unpaired) electrons. The molecule has 1 saturated carbocycles. The van der Waals surface area contributed by atoms with Gasteiger partial charge in [0.05, 0.1) is 10.7 Å². The van der Waals surface area contributed by atoms with Gasteiger partial charge in [0.25, 0.3) is 5.56 Å². The number of rotatable bonds is 3. The Balaban J connectivity index is 1.53. The van der Waals surface area contributed by atoms with Gasteiger partial charge in [-0.1, -0.05) is 11.6 Å². The zero-order valence-electron chi connectivity index (χ0n) is 13.3. The van der Waals surface area contributed by atoms with E-state index in [1.807, 2.05) is 0 Å². The lowest BCUT2D eigenvalue weighted by Gasteiger charge is -2.39. The Morgan fingerprint density at radius 2 is 2.13 bits per heavy atom. The highest BCUT2D eigenvalue weighted by Crippen LogP contribution is 2.29. The standard InChI is InChI=1S/C17H21ClN4O/c1-12-9-21(15-3-4-15)7-6-20(12)11-14-8-17(23)22-10-13(18)2-5-16(22)19-14/h2,5,8,10,12,15H,3-4,6-7,9,11H2,1H3. The molecular formula is C17H21ClN4O. The van der Waals surface area contributed by atoms with Crippen LogP contribution in [0.4, 0.5) is 0 Å². The van der Waals surface area contributed by atoms with Crippen molar-refractivity contribution in [3.8, 4) is 0 Å². The second-order valence-corrected chi connectivity index (χ2v) is 7.14.